The second-order valence-corrected chi connectivity index (χ2v) is 11.0. The van der Waals surface area contributed by atoms with Crippen LogP contribution in [0.25, 0.3) is 16.9 Å². The van der Waals surface area contributed by atoms with Gasteiger partial charge in [0.15, 0.2) is 23.0 Å². The first-order chi connectivity index (χ1) is 18.7. The first-order valence-corrected chi connectivity index (χ1v) is 12.7. The monoisotopic (exact) mass is 551 g/mol. The van der Waals surface area contributed by atoms with Crippen LogP contribution in [0.3, 0.4) is 0 Å². The molecular weight excluding hydrogens is 521 g/mol. The van der Waals surface area contributed by atoms with Crippen molar-refractivity contribution in [1.82, 2.24) is 4.90 Å². The molecule has 0 aliphatic heterocycles. The first kappa shape index (κ1) is 27.4. The highest BCUT2D eigenvalue weighted by molar-refractivity contribution is 6.24. The summed E-state index contributed by atoms with van der Waals surface area (Å²) >= 11 is 0. The number of nitrogens with zero attached hydrogens (tertiary/aromatic N) is 2. The molecule has 0 bridgehead atoms. The lowest BCUT2D eigenvalue weighted by atomic mass is 9.57. The number of likely N-dealkylation sites (N-methyl/N-ethyl adjacent to an activating group) is 1. The average Bonchev–Trinajstić information content (AvgIpc) is 2.88. The van der Waals surface area contributed by atoms with Gasteiger partial charge in [0, 0.05) is 31.3 Å². The third-order valence-corrected chi connectivity index (χ3v) is 8.37. The second kappa shape index (κ2) is 9.17. The topological polar surface area (TPSA) is 165 Å². The Labute approximate surface area is 229 Å². The lowest BCUT2D eigenvalue weighted by Crippen LogP contribution is -2.65. The van der Waals surface area contributed by atoms with Gasteiger partial charge in [-0.25, -0.2) is 4.39 Å². The molecule has 40 heavy (non-hydrogen) atoms. The van der Waals surface area contributed by atoms with Gasteiger partial charge in [0.2, 0.25) is 5.78 Å². The summed E-state index contributed by atoms with van der Waals surface area (Å²) in [5, 5.41) is 44.6. The standard InChI is InChI=1S/C29H30FN3O7/c1-32(2)14-7-5-12(6-8-14)15-11-18(30)23(34)20-16(15)9-13-10-17-22(33(3)4)25(36)21(28(31)39)27(38)29(17,40)26(37)19(13)24(20)35/h5-8,11,13,17,22,34-35,38,40H,9-10H2,1-4H3,(H2,31,39)/t13-,17-,22-,29-/m0/s1. The van der Waals surface area contributed by atoms with E-state index in [4.69, 9.17) is 5.73 Å². The normalized spacial score (nSPS) is 26.0. The number of fused-ring (bicyclic) bond motifs is 3. The van der Waals surface area contributed by atoms with Crippen molar-refractivity contribution < 1.29 is 39.2 Å². The maximum atomic E-state index is 15.0. The quantitative estimate of drug-likeness (QED) is 0.357. The number of aliphatic hydroxyl groups excluding tert-OH is 2. The fraction of sp³-hybridized carbons (Fsp3) is 0.345. The van der Waals surface area contributed by atoms with Gasteiger partial charge in [0.25, 0.3) is 5.91 Å². The number of halogens is 1. The molecule has 2 aromatic carbocycles. The number of anilines is 1. The lowest BCUT2D eigenvalue weighted by molar-refractivity contribution is -0.153. The Morgan fingerprint density at radius 1 is 1.07 bits per heavy atom. The van der Waals surface area contributed by atoms with Crippen LogP contribution in [0, 0.1) is 17.7 Å². The number of carbonyl (C=O) groups is 3. The van der Waals surface area contributed by atoms with E-state index in [-0.39, 0.29) is 24.0 Å². The van der Waals surface area contributed by atoms with E-state index in [2.05, 4.69) is 0 Å². The fourth-order valence-electron chi connectivity index (χ4n) is 6.48. The largest absolute Gasteiger partial charge is 0.508 e. The number of nitrogens with two attached hydrogens (primary N) is 1. The van der Waals surface area contributed by atoms with E-state index in [0.29, 0.717) is 16.7 Å². The Kier molecular flexibility index (Phi) is 6.27. The maximum Gasteiger partial charge on any atom is 0.255 e. The molecule has 4 atom stereocenters. The Bertz CT molecular complexity index is 1540. The third kappa shape index (κ3) is 3.65. The Hall–Kier alpha value is -4.22. The molecule has 0 aromatic heterocycles. The van der Waals surface area contributed by atoms with Crippen molar-refractivity contribution in [3.63, 3.8) is 0 Å². The minimum Gasteiger partial charge on any atom is -0.508 e. The molecule has 10 nitrogen and oxygen atoms in total. The maximum absolute atomic E-state index is 15.0. The Morgan fingerprint density at radius 3 is 2.25 bits per heavy atom. The molecule has 210 valence electrons. The zero-order valence-corrected chi connectivity index (χ0v) is 22.4. The fourth-order valence-corrected chi connectivity index (χ4v) is 6.48. The van der Waals surface area contributed by atoms with Gasteiger partial charge in [0.05, 0.1) is 11.6 Å². The van der Waals surface area contributed by atoms with Crippen LogP contribution in [0.15, 0.2) is 47.2 Å². The predicted molar refractivity (Wildman–Crippen MR) is 144 cm³/mol. The van der Waals surface area contributed by atoms with Crippen molar-refractivity contribution in [3.05, 3.63) is 64.2 Å². The van der Waals surface area contributed by atoms with Crippen LogP contribution in [0.5, 0.6) is 5.75 Å². The predicted octanol–water partition coefficient (Wildman–Crippen LogP) is 1.84. The van der Waals surface area contributed by atoms with Crippen molar-refractivity contribution in [2.24, 2.45) is 17.6 Å². The summed E-state index contributed by atoms with van der Waals surface area (Å²) in [5.74, 6) is -9.03. The van der Waals surface area contributed by atoms with Crippen LogP contribution in [0.2, 0.25) is 0 Å². The van der Waals surface area contributed by atoms with Crippen molar-refractivity contribution >= 4 is 28.9 Å². The number of phenols is 1. The number of carbonyl (C=O) groups excluding carboxylic acids is 3. The van der Waals surface area contributed by atoms with Crippen molar-refractivity contribution in [2.45, 2.75) is 24.5 Å². The van der Waals surface area contributed by atoms with Crippen molar-refractivity contribution in [1.29, 1.82) is 0 Å². The van der Waals surface area contributed by atoms with Gasteiger partial charge in [0.1, 0.15) is 17.1 Å². The first-order valence-electron chi connectivity index (χ1n) is 12.7. The van der Waals surface area contributed by atoms with Gasteiger partial charge in [-0.1, -0.05) is 12.1 Å². The molecule has 5 rings (SSSR count). The van der Waals surface area contributed by atoms with E-state index in [1.54, 1.807) is 12.1 Å². The molecule has 0 spiro atoms. The molecule has 0 radical (unpaired) electrons. The Balaban J connectivity index is 1.73. The van der Waals surface area contributed by atoms with Gasteiger partial charge < -0.3 is 31.1 Å². The second-order valence-electron chi connectivity index (χ2n) is 11.0. The smallest absolute Gasteiger partial charge is 0.255 e. The number of amides is 1. The van der Waals surface area contributed by atoms with Gasteiger partial charge in [-0.2, -0.15) is 0 Å². The minimum atomic E-state index is -2.75. The summed E-state index contributed by atoms with van der Waals surface area (Å²) in [6.45, 7) is 0. The number of hydrogen-bond donors (Lipinski definition) is 5. The van der Waals surface area contributed by atoms with E-state index in [1.807, 2.05) is 31.1 Å². The van der Waals surface area contributed by atoms with Crippen LogP contribution >= 0.6 is 0 Å². The highest BCUT2D eigenvalue weighted by atomic mass is 19.1. The molecule has 0 unspecified atom stereocenters. The average molecular weight is 552 g/mol. The number of primary amides is 1. The van der Waals surface area contributed by atoms with E-state index in [9.17, 15) is 34.8 Å². The van der Waals surface area contributed by atoms with E-state index >= 15 is 4.39 Å². The van der Waals surface area contributed by atoms with Crippen molar-refractivity contribution in [2.75, 3.05) is 33.1 Å². The van der Waals surface area contributed by atoms with E-state index < -0.39 is 69.6 Å². The number of hydrogen-bond acceptors (Lipinski definition) is 9. The number of ketones is 2. The molecule has 0 heterocycles. The summed E-state index contributed by atoms with van der Waals surface area (Å²) in [4.78, 5) is 42.6. The Morgan fingerprint density at radius 2 is 1.70 bits per heavy atom. The molecule has 11 heteroatoms. The number of benzene rings is 2. The van der Waals surface area contributed by atoms with Crippen molar-refractivity contribution in [3.8, 4) is 16.9 Å². The lowest BCUT2D eigenvalue weighted by Gasteiger charge is -2.50. The number of aliphatic hydroxyl groups is 3. The minimum absolute atomic E-state index is 0.0527. The van der Waals surface area contributed by atoms with E-state index in [1.165, 1.54) is 25.1 Å². The van der Waals surface area contributed by atoms with Gasteiger partial charge >= 0.3 is 0 Å². The molecular formula is C29H30FN3O7. The zero-order chi connectivity index (χ0) is 29.4. The third-order valence-electron chi connectivity index (χ3n) is 8.37. The molecule has 1 amide bonds. The summed E-state index contributed by atoms with van der Waals surface area (Å²) < 4.78 is 15.0. The highest BCUT2D eigenvalue weighted by Crippen LogP contribution is 2.54. The molecule has 0 saturated heterocycles. The van der Waals surface area contributed by atoms with Crippen LogP contribution in [-0.4, -0.2) is 82.6 Å². The number of rotatable bonds is 4. The summed E-state index contributed by atoms with van der Waals surface area (Å²) in [6.07, 6.45) is 0.00997. The van der Waals surface area contributed by atoms with Crippen LogP contribution < -0.4 is 10.6 Å². The molecule has 1 fully saturated rings. The number of phenolic OH excluding ortho intramolecular Hbond substituents is 1. The molecule has 6 N–H and O–H groups in total. The van der Waals surface area contributed by atoms with Crippen LogP contribution in [0.4, 0.5) is 10.1 Å². The van der Waals surface area contributed by atoms with Gasteiger partial charge in [-0.15, -0.1) is 0 Å². The molecule has 1 saturated carbocycles. The molecule has 2 aromatic rings. The number of aromatic hydroxyl groups is 1. The summed E-state index contributed by atoms with van der Waals surface area (Å²) in [6, 6.07) is 7.20. The van der Waals surface area contributed by atoms with Gasteiger partial charge in [-0.05, 0) is 67.7 Å². The zero-order valence-electron chi connectivity index (χ0n) is 22.4. The van der Waals surface area contributed by atoms with Crippen LogP contribution in [0.1, 0.15) is 17.5 Å². The molecule has 3 aliphatic carbocycles. The SMILES string of the molecule is CN(C)c1ccc(-c2cc(F)c(O)c3c2C[C@H]2C[C@H]4[C@H](N(C)C)C(=O)C(C(N)=O)=C(O)[C@@]4(O)C(=O)C2=C3O)cc1. The van der Waals surface area contributed by atoms with E-state index in [0.717, 1.165) is 5.69 Å². The molecule has 3 aliphatic rings. The summed E-state index contributed by atoms with van der Waals surface area (Å²) in [5.41, 5.74) is 3.38. The highest BCUT2D eigenvalue weighted by Gasteiger charge is 2.64. The van der Waals surface area contributed by atoms with Crippen LogP contribution in [-0.2, 0) is 20.8 Å². The number of Topliss-reactive ketones (excluding diaryl/α,β-unsaturated/α-hetero) is 2. The van der Waals surface area contributed by atoms with Gasteiger partial charge in [-0.3, -0.25) is 19.3 Å². The summed E-state index contributed by atoms with van der Waals surface area (Å²) in [7, 11) is 6.81.